The van der Waals surface area contributed by atoms with Crippen molar-refractivity contribution >= 4 is 11.6 Å². The maximum atomic E-state index is 12.9. The van der Waals surface area contributed by atoms with Crippen molar-refractivity contribution in [3.8, 4) is 0 Å². The Morgan fingerprint density at radius 3 is 2.17 bits per heavy atom. The first-order valence-corrected chi connectivity index (χ1v) is 4.13. The Hall–Kier alpha value is -0.180. The van der Waals surface area contributed by atoms with Crippen molar-refractivity contribution in [1.29, 1.82) is 0 Å². The van der Waals surface area contributed by atoms with Crippen molar-refractivity contribution in [2.24, 2.45) is 11.3 Å². The second-order valence-electron chi connectivity index (χ2n) is 3.74. The Morgan fingerprint density at radius 1 is 1.50 bits per heavy atom. The number of halogens is 4. The third kappa shape index (κ3) is 1.76. The maximum absolute atomic E-state index is 12.9. The molecule has 0 aromatic rings. The van der Waals surface area contributed by atoms with Gasteiger partial charge >= 0.3 is 0 Å². The lowest BCUT2D eigenvalue weighted by Crippen LogP contribution is -1.98. The fourth-order valence-electron chi connectivity index (χ4n) is 1.17. The van der Waals surface area contributed by atoms with Gasteiger partial charge in [0.05, 0.1) is 0 Å². The Balaban J connectivity index is 2.71. The highest BCUT2D eigenvalue weighted by Crippen LogP contribution is 2.57. The van der Waals surface area contributed by atoms with Gasteiger partial charge in [0.15, 0.2) is 5.83 Å². The summed E-state index contributed by atoms with van der Waals surface area (Å²) in [5.74, 6) is -2.98. The van der Waals surface area contributed by atoms with E-state index in [9.17, 15) is 13.2 Å². The van der Waals surface area contributed by atoms with Crippen molar-refractivity contribution in [3.63, 3.8) is 0 Å². The van der Waals surface area contributed by atoms with Crippen LogP contribution < -0.4 is 0 Å². The monoisotopic (exact) mass is 198 g/mol. The minimum atomic E-state index is -2.35. The number of hydrogen-bond donors (Lipinski definition) is 0. The molecule has 0 bridgehead atoms. The molecule has 1 aliphatic carbocycles. The second-order valence-corrected chi connectivity index (χ2v) is 4.13. The Morgan fingerprint density at radius 2 is 1.92 bits per heavy atom. The lowest BCUT2D eigenvalue weighted by atomic mass is 10.1. The number of hydrogen-bond acceptors (Lipinski definition) is 0. The van der Waals surface area contributed by atoms with Crippen molar-refractivity contribution in [1.82, 2.24) is 0 Å². The van der Waals surface area contributed by atoms with Crippen LogP contribution in [0.2, 0.25) is 0 Å². The van der Waals surface area contributed by atoms with Gasteiger partial charge in [-0.05, 0) is 11.8 Å². The van der Waals surface area contributed by atoms with Crippen LogP contribution >= 0.6 is 11.6 Å². The van der Waals surface area contributed by atoms with Gasteiger partial charge in [0.1, 0.15) is 5.83 Å². The van der Waals surface area contributed by atoms with Gasteiger partial charge < -0.3 is 0 Å². The molecule has 2 atom stereocenters. The van der Waals surface area contributed by atoms with Crippen molar-refractivity contribution < 1.29 is 13.2 Å². The van der Waals surface area contributed by atoms with Crippen LogP contribution in [0.4, 0.5) is 13.2 Å². The third-order valence-electron chi connectivity index (χ3n) is 2.24. The van der Waals surface area contributed by atoms with Crippen molar-refractivity contribution in [3.05, 3.63) is 11.7 Å². The van der Waals surface area contributed by atoms with Crippen LogP contribution in [-0.4, -0.2) is 5.63 Å². The van der Waals surface area contributed by atoms with E-state index >= 15 is 0 Å². The molecule has 0 radical (unpaired) electrons. The minimum Gasteiger partial charge on any atom is -0.222 e. The highest BCUT2D eigenvalue weighted by atomic mass is 35.5. The van der Waals surface area contributed by atoms with Crippen molar-refractivity contribution in [2.45, 2.75) is 25.9 Å². The van der Waals surface area contributed by atoms with Crippen LogP contribution in [0, 0.1) is 11.3 Å². The first-order valence-electron chi connectivity index (χ1n) is 3.69. The molecule has 0 aromatic carbocycles. The molecule has 70 valence electrons. The first kappa shape index (κ1) is 9.90. The highest BCUT2D eigenvalue weighted by Gasteiger charge is 2.50. The molecule has 0 saturated heterocycles. The molecule has 0 N–H and O–H groups in total. The molecule has 1 aliphatic rings. The molecule has 1 saturated carbocycles. The minimum absolute atomic E-state index is 0.243. The van der Waals surface area contributed by atoms with Crippen LogP contribution in [-0.2, 0) is 0 Å². The van der Waals surface area contributed by atoms with Crippen LogP contribution in [0.15, 0.2) is 11.7 Å². The van der Waals surface area contributed by atoms with E-state index in [1.165, 1.54) is 0 Å². The summed E-state index contributed by atoms with van der Waals surface area (Å²) >= 11 is 4.75. The molecule has 12 heavy (non-hydrogen) atoms. The van der Waals surface area contributed by atoms with E-state index in [4.69, 9.17) is 11.6 Å². The summed E-state index contributed by atoms with van der Waals surface area (Å²) in [7, 11) is 0. The predicted molar refractivity (Wildman–Crippen MR) is 41.9 cm³/mol. The average molecular weight is 199 g/mol. The van der Waals surface area contributed by atoms with Gasteiger partial charge in [-0.1, -0.05) is 25.4 Å². The lowest BCUT2D eigenvalue weighted by molar-refractivity contribution is 0.374. The average Bonchev–Trinajstić information content (AvgIpc) is 2.56. The van der Waals surface area contributed by atoms with Gasteiger partial charge in [-0.15, -0.1) is 0 Å². The zero-order valence-corrected chi connectivity index (χ0v) is 7.63. The second kappa shape index (κ2) is 2.95. The van der Waals surface area contributed by atoms with E-state index in [1.54, 1.807) is 13.8 Å². The predicted octanol–water partition coefficient (Wildman–Crippen LogP) is 3.72. The number of alkyl halides is 2. The van der Waals surface area contributed by atoms with Crippen LogP contribution in [0.5, 0.6) is 0 Å². The third-order valence-corrected chi connectivity index (χ3v) is 2.43. The Bertz CT molecular complexity index is 220. The topological polar surface area (TPSA) is 0 Å². The molecule has 4 heteroatoms. The molecule has 0 amide bonds. The zero-order chi connectivity index (χ0) is 9.52. The standard InChI is InChI=1S/C8H10ClF3/c1-8(2)3-4(8)5(10)6(11)7(9)12/h4,7H,3H2,1-2H3/b6-5+. The molecule has 2 unspecified atom stereocenters. The molecule has 0 heterocycles. The summed E-state index contributed by atoms with van der Waals surface area (Å²) in [6.07, 6.45) is 0.551. The van der Waals surface area contributed by atoms with Crippen LogP contribution in [0.1, 0.15) is 20.3 Å². The summed E-state index contributed by atoms with van der Waals surface area (Å²) in [5, 5.41) is 0. The molecule has 0 aliphatic heterocycles. The number of allylic oxidation sites excluding steroid dienone is 2. The zero-order valence-electron chi connectivity index (χ0n) is 6.87. The fourth-order valence-corrected chi connectivity index (χ4v) is 1.27. The summed E-state index contributed by atoms with van der Waals surface area (Å²) in [6.45, 7) is 3.60. The van der Waals surface area contributed by atoms with Crippen molar-refractivity contribution in [2.75, 3.05) is 0 Å². The fraction of sp³-hybridized carbons (Fsp3) is 0.750. The van der Waals surface area contributed by atoms with E-state index < -0.39 is 23.2 Å². The summed E-state index contributed by atoms with van der Waals surface area (Å²) < 4.78 is 37.5. The summed E-state index contributed by atoms with van der Waals surface area (Å²) in [6, 6.07) is 0. The van der Waals surface area contributed by atoms with E-state index in [0.29, 0.717) is 6.42 Å². The van der Waals surface area contributed by atoms with Gasteiger partial charge in [0, 0.05) is 5.92 Å². The molecule has 0 nitrogen and oxygen atoms in total. The maximum Gasteiger partial charge on any atom is 0.227 e. The Labute approximate surface area is 74.4 Å². The van der Waals surface area contributed by atoms with Gasteiger partial charge in [-0.25, -0.2) is 13.2 Å². The smallest absolute Gasteiger partial charge is 0.222 e. The van der Waals surface area contributed by atoms with E-state index in [0.717, 1.165) is 0 Å². The van der Waals surface area contributed by atoms with Crippen LogP contribution in [0.25, 0.3) is 0 Å². The molecular weight excluding hydrogens is 189 g/mol. The highest BCUT2D eigenvalue weighted by molar-refractivity contribution is 6.21. The SMILES string of the molecule is CC1(C)CC1/C(F)=C(\F)C(F)Cl. The lowest BCUT2D eigenvalue weighted by Gasteiger charge is -2.02. The summed E-state index contributed by atoms with van der Waals surface area (Å²) in [5.41, 5.74) is -2.59. The quantitative estimate of drug-likeness (QED) is 0.594. The van der Waals surface area contributed by atoms with E-state index in [2.05, 4.69) is 0 Å². The first-order chi connectivity index (χ1) is 5.36. The molecule has 1 fully saturated rings. The van der Waals surface area contributed by atoms with Gasteiger partial charge in [0.25, 0.3) is 0 Å². The largest absolute Gasteiger partial charge is 0.227 e. The van der Waals surface area contributed by atoms with Gasteiger partial charge in [-0.2, -0.15) is 0 Å². The molecular formula is C8H10ClF3. The Kier molecular flexibility index (Phi) is 2.43. The number of rotatable bonds is 2. The van der Waals surface area contributed by atoms with Crippen LogP contribution in [0.3, 0.4) is 0 Å². The normalized spacial score (nSPS) is 31.0. The van der Waals surface area contributed by atoms with E-state index in [1.807, 2.05) is 0 Å². The van der Waals surface area contributed by atoms with Gasteiger partial charge in [0.2, 0.25) is 5.63 Å². The molecule has 0 aromatic heterocycles. The molecule has 1 rings (SSSR count). The summed E-state index contributed by atoms with van der Waals surface area (Å²) in [4.78, 5) is 0. The molecule has 0 spiro atoms. The van der Waals surface area contributed by atoms with Gasteiger partial charge in [-0.3, -0.25) is 0 Å². The van der Waals surface area contributed by atoms with E-state index in [-0.39, 0.29) is 5.41 Å².